The van der Waals surface area contributed by atoms with Crippen LogP contribution in [0.3, 0.4) is 0 Å². The maximum atomic E-state index is 4.39. The van der Waals surface area contributed by atoms with Crippen molar-refractivity contribution in [2.24, 2.45) is 0 Å². The zero-order chi connectivity index (χ0) is 12.2. The SMILES string of the molecule is c1cnc(-c2ccnc(-c3ccncn3)n2)nc1. The zero-order valence-corrected chi connectivity index (χ0v) is 9.30. The predicted molar refractivity (Wildman–Crippen MR) is 64.1 cm³/mol. The number of rotatable bonds is 2. The van der Waals surface area contributed by atoms with Gasteiger partial charge in [-0.15, -0.1) is 0 Å². The normalized spacial score (nSPS) is 10.2. The maximum absolute atomic E-state index is 4.39. The summed E-state index contributed by atoms with van der Waals surface area (Å²) < 4.78 is 0. The van der Waals surface area contributed by atoms with Gasteiger partial charge in [0.15, 0.2) is 11.6 Å². The van der Waals surface area contributed by atoms with Crippen molar-refractivity contribution in [1.29, 1.82) is 0 Å². The first kappa shape index (κ1) is 10.4. The van der Waals surface area contributed by atoms with Gasteiger partial charge in [-0.2, -0.15) is 0 Å². The van der Waals surface area contributed by atoms with Gasteiger partial charge in [0.1, 0.15) is 17.7 Å². The molecule has 0 fully saturated rings. The van der Waals surface area contributed by atoms with E-state index in [1.807, 2.05) is 0 Å². The lowest BCUT2D eigenvalue weighted by molar-refractivity contribution is 1.08. The Bertz CT molecular complexity index is 586. The summed E-state index contributed by atoms with van der Waals surface area (Å²) in [5, 5.41) is 0. The average Bonchev–Trinajstić information content (AvgIpc) is 2.49. The molecule has 3 rings (SSSR count). The van der Waals surface area contributed by atoms with Crippen molar-refractivity contribution in [3.8, 4) is 23.0 Å². The molecule has 0 aliphatic heterocycles. The van der Waals surface area contributed by atoms with Gasteiger partial charge in [0.05, 0.1) is 0 Å². The lowest BCUT2D eigenvalue weighted by Crippen LogP contribution is -1.96. The van der Waals surface area contributed by atoms with Crippen LogP contribution >= 0.6 is 0 Å². The van der Waals surface area contributed by atoms with Gasteiger partial charge in [0.25, 0.3) is 0 Å². The third-order valence-electron chi connectivity index (χ3n) is 2.26. The second-order valence-electron chi connectivity index (χ2n) is 3.43. The molecule has 0 radical (unpaired) electrons. The number of aromatic nitrogens is 6. The van der Waals surface area contributed by atoms with E-state index in [2.05, 4.69) is 29.9 Å². The summed E-state index contributed by atoms with van der Waals surface area (Å²) in [6.45, 7) is 0. The molecule has 0 aliphatic rings. The van der Waals surface area contributed by atoms with E-state index in [1.165, 1.54) is 6.33 Å². The third kappa shape index (κ3) is 2.03. The van der Waals surface area contributed by atoms with Crippen LogP contribution < -0.4 is 0 Å². The highest BCUT2D eigenvalue weighted by Crippen LogP contribution is 2.15. The molecule has 3 heterocycles. The fourth-order valence-corrected chi connectivity index (χ4v) is 1.46. The van der Waals surface area contributed by atoms with Crippen LogP contribution in [0.1, 0.15) is 0 Å². The molecule has 6 heteroatoms. The Labute approximate surface area is 103 Å². The predicted octanol–water partition coefficient (Wildman–Crippen LogP) is 1.39. The van der Waals surface area contributed by atoms with E-state index >= 15 is 0 Å². The topological polar surface area (TPSA) is 77.3 Å². The number of hydrogen-bond donors (Lipinski definition) is 0. The van der Waals surface area contributed by atoms with Gasteiger partial charge in [-0.1, -0.05) is 0 Å². The third-order valence-corrected chi connectivity index (χ3v) is 2.26. The molecule has 86 valence electrons. The second kappa shape index (κ2) is 4.62. The number of nitrogens with zero attached hydrogens (tertiary/aromatic N) is 6. The Hall–Kier alpha value is -2.76. The van der Waals surface area contributed by atoms with E-state index < -0.39 is 0 Å². The van der Waals surface area contributed by atoms with Crippen molar-refractivity contribution < 1.29 is 0 Å². The minimum Gasteiger partial charge on any atom is -0.245 e. The van der Waals surface area contributed by atoms with E-state index in [1.54, 1.807) is 43.0 Å². The van der Waals surface area contributed by atoms with Gasteiger partial charge >= 0.3 is 0 Å². The van der Waals surface area contributed by atoms with E-state index in [-0.39, 0.29) is 0 Å². The molecule has 6 nitrogen and oxygen atoms in total. The molecule has 0 spiro atoms. The molecule has 0 amide bonds. The lowest BCUT2D eigenvalue weighted by Gasteiger charge is -2.01. The molecular formula is C12H8N6. The Kier molecular flexibility index (Phi) is 2.67. The van der Waals surface area contributed by atoms with Gasteiger partial charge in [-0.25, -0.2) is 29.9 Å². The molecule has 0 N–H and O–H groups in total. The summed E-state index contributed by atoms with van der Waals surface area (Å²) in [5.41, 5.74) is 1.34. The average molecular weight is 236 g/mol. The smallest absolute Gasteiger partial charge is 0.178 e. The minimum absolute atomic E-state index is 0.530. The monoisotopic (exact) mass is 236 g/mol. The Balaban J connectivity index is 2.05. The fraction of sp³-hybridized carbons (Fsp3) is 0. The first-order valence-electron chi connectivity index (χ1n) is 5.30. The van der Waals surface area contributed by atoms with E-state index in [4.69, 9.17) is 0 Å². The van der Waals surface area contributed by atoms with Crippen LogP contribution in [0.4, 0.5) is 0 Å². The summed E-state index contributed by atoms with van der Waals surface area (Å²) in [6, 6.07) is 5.28. The van der Waals surface area contributed by atoms with Gasteiger partial charge < -0.3 is 0 Å². The summed E-state index contributed by atoms with van der Waals surface area (Å²) in [7, 11) is 0. The molecule has 0 saturated heterocycles. The molecular weight excluding hydrogens is 228 g/mol. The molecule has 0 bridgehead atoms. The van der Waals surface area contributed by atoms with Crippen LogP contribution in [0.25, 0.3) is 23.0 Å². The van der Waals surface area contributed by atoms with Crippen molar-refractivity contribution in [3.63, 3.8) is 0 Å². The van der Waals surface area contributed by atoms with E-state index in [0.717, 1.165) is 0 Å². The molecule has 0 aromatic carbocycles. The maximum Gasteiger partial charge on any atom is 0.178 e. The highest BCUT2D eigenvalue weighted by Gasteiger charge is 2.06. The largest absolute Gasteiger partial charge is 0.245 e. The molecule has 0 unspecified atom stereocenters. The summed E-state index contributed by atoms with van der Waals surface area (Å²) in [4.78, 5) is 24.8. The van der Waals surface area contributed by atoms with Gasteiger partial charge in [-0.3, -0.25) is 0 Å². The first-order chi connectivity index (χ1) is 8.93. The minimum atomic E-state index is 0.530. The summed E-state index contributed by atoms with van der Waals surface area (Å²) >= 11 is 0. The quantitative estimate of drug-likeness (QED) is 0.669. The lowest BCUT2D eigenvalue weighted by atomic mass is 10.3. The van der Waals surface area contributed by atoms with Crippen LogP contribution in [0.15, 0.2) is 49.3 Å². The molecule has 3 aromatic rings. The first-order valence-corrected chi connectivity index (χ1v) is 5.30. The van der Waals surface area contributed by atoms with E-state index in [9.17, 15) is 0 Å². The molecule has 18 heavy (non-hydrogen) atoms. The van der Waals surface area contributed by atoms with Gasteiger partial charge in [0, 0.05) is 24.8 Å². The van der Waals surface area contributed by atoms with Crippen molar-refractivity contribution >= 4 is 0 Å². The van der Waals surface area contributed by atoms with Crippen LogP contribution in [0, 0.1) is 0 Å². The van der Waals surface area contributed by atoms with Crippen molar-refractivity contribution in [3.05, 3.63) is 49.3 Å². The Morgan fingerprint density at radius 3 is 2.22 bits per heavy atom. The van der Waals surface area contributed by atoms with Gasteiger partial charge in [0.2, 0.25) is 0 Å². The van der Waals surface area contributed by atoms with Crippen molar-refractivity contribution in [2.75, 3.05) is 0 Å². The zero-order valence-electron chi connectivity index (χ0n) is 9.30. The highest BCUT2D eigenvalue weighted by molar-refractivity contribution is 5.55. The fourth-order valence-electron chi connectivity index (χ4n) is 1.46. The molecule has 0 atom stereocenters. The second-order valence-corrected chi connectivity index (χ2v) is 3.43. The molecule has 0 aliphatic carbocycles. The van der Waals surface area contributed by atoms with Crippen LogP contribution in [-0.4, -0.2) is 29.9 Å². The van der Waals surface area contributed by atoms with Crippen LogP contribution in [0.5, 0.6) is 0 Å². The van der Waals surface area contributed by atoms with Gasteiger partial charge in [-0.05, 0) is 18.2 Å². The summed E-state index contributed by atoms with van der Waals surface area (Å²) in [5.74, 6) is 1.09. The highest BCUT2D eigenvalue weighted by atomic mass is 15.0. The Morgan fingerprint density at radius 2 is 1.44 bits per heavy atom. The van der Waals surface area contributed by atoms with Crippen molar-refractivity contribution in [1.82, 2.24) is 29.9 Å². The van der Waals surface area contributed by atoms with E-state index in [0.29, 0.717) is 23.0 Å². The number of hydrogen-bond acceptors (Lipinski definition) is 6. The van der Waals surface area contributed by atoms with Crippen molar-refractivity contribution in [2.45, 2.75) is 0 Å². The molecule has 3 aromatic heterocycles. The molecule has 0 saturated carbocycles. The Morgan fingerprint density at radius 1 is 0.667 bits per heavy atom. The standard InChI is InChI=1S/C12H8N6/c1-4-14-11(15-5-1)10-3-7-16-12(18-10)9-2-6-13-8-17-9/h1-8H. The summed E-state index contributed by atoms with van der Waals surface area (Å²) in [6.07, 6.45) is 8.13. The van der Waals surface area contributed by atoms with Crippen LogP contribution in [0.2, 0.25) is 0 Å². The van der Waals surface area contributed by atoms with Crippen LogP contribution in [-0.2, 0) is 0 Å².